The molecule has 0 radical (unpaired) electrons. The van der Waals surface area contributed by atoms with Crippen LogP contribution >= 0.6 is 15.9 Å². The minimum Gasteiger partial charge on any atom is -0.324 e. The third kappa shape index (κ3) is 3.62. The van der Waals surface area contributed by atoms with Crippen molar-refractivity contribution in [2.45, 2.75) is 38.5 Å². The fourth-order valence-electron chi connectivity index (χ4n) is 3.09. The van der Waals surface area contributed by atoms with E-state index in [1.54, 1.807) is 6.20 Å². The molecule has 1 saturated carbocycles. The highest BCUT2D eigenvalue weighted by Crippen LogP contribution is 2.28. The summed E-state index contributed by atoms with van der Waals surface area (Å²) in [4.78, 5) is 16.7. The lowest BCUT2D eigenvalue weighted by Gasteiger charge is -2.21. The third-order valence-corrected chi connectivity index (χ3v) is 4.58. The van der Waals surface area contributed by atoms with Crippen LogP contribution in [-0.4, -0.2) is 10.9 Å². The topological polar surface area (TPSA) is 42.0 Å². The molecular formula is C17H19BrN2O. The summed E-state index contributed by atoms with van der Waals surface area (Å²) in [6.45, 7) is 0. The van der Waals surface area contributed by atoms with E-state index in [0.717, 1.165) is 21.1 Å². The SMILES string of the molecule is O=C(CC1CCCCC1)Nc1cccc2cc(Br)cnc12. The van der Waals surface area contributed by atoms with Crippen molar-refractivity contribution >= 4 is 38.4 Å². The first kappa shape index (κ1) is 14.5. The number of para-hydroxylation sites is 1. The molecule has 3 rings (SSSR count). The molecule has 0 atom stereocenters. The molecular weight excluding hydrogens is 328 g/mol. The number of halogens is 1. The van der Waals surface area contributed by atoms with E-state index in [4.69, 9.17) is 0 Å². The maximum absolute atomic E-state index is 12.2. The van der Waals surface area contributed by atoms with Crippen LogP contribution in [0.2, 0.25) is 0 Å². The minimum atomic E-state index is 0.110. The highest BCUT2D eigenvalue weighted by atomic mass is 79.9. The number of nitrogens with zero attached hydrogens (tertiary/aromatic N) is 1. The first-order valence-corrected chi connectivity index (χ1v) is 8.36. The smallest absolute Gasteiger partial charge is 0.224 e. The van der Waals surface area contributed by atoms with Gasteiger partial charge in [-0.25, -0.2) is 0 Å². The molecule has 110 valence electrons. The number of aromatic nitrogens is 1. The average molecular weight is 347 g/mol. The van der Waals surface area contributed by atoms with Crippen LogP contribution in [0.1, 0.15) is 38.5 Å². The largest absolute Gasteiger partial charge is 0.324 e. The highest BCUT2D eigenvalue weighted by Gasteiger charge is 2.17. The molecule has 1 aliphatic rings. The molecule has 1 aromatic carbocycles. The van der Waals surface area contributed by atoms with Gasteiger partial charge in [0.1, 0.15) is 0 Å². The van der Waals surface area contributed by atoms with Crippen molar-refractivity contribution < 1.29 is 4.79 Å². The van der Waals surface area contributed by atoms with Gasteiger partial charge < -0.3 is 5.32 Å². The molecule has 0 bridgehead atoms. The van der Waals surface area contributed by atoms with E-state index in [-0.39, 0.29) is 5.91 Å². The van der Waals surface area contributed by atoms with Crippen LogP contribution in [0.3, 0.4) is 0 Å². The van der Waals surface area contributed by atoms with Gasteiger partial charge in [0, 0.05) is 22.5 Å². The van der Waals surface area contributed by atoms with Crippen molar-refractivity contribution in [1.82, 2.24) is 4.98 Å². The van der Waals surface area contributed by atoms with Gasteiger partial charge in [-0.3, -0.25) is 9.78 Å². The van der Waals surface area contributed by atoms with Gasteiger partial charge >= 0.3 is 0 Å². The maximum atomic E-state index is 12.2. The molecule has 1 heterocycles. The lowest BCUT2D eigenvalue weighted by Crippen LogP contribution is -2.18. The number of carbonyl (C=O) groups is 1. The second-order valence-corrected chi connectivity index (χ2v) is 6.70. The molecule has 0 saturated heterocycles. The molecule has 0 spiro atoms. The summed E-state index contributed by atoms with van der Waals surface area (Å²) in [5.74, 6) is 0.662. The van der Waals surface area contributed by atoms with Crippen molar-refractivity contribution in [2.24, 2.45) is 5.92 Å². The summed E-state index contributed by atoms with van der Waals surface area (Å²) < 4.78 is 0.945. The lowest BCUT2D eigenvalue weighted by molar-refractivity contribution is -0.117. The maximum Gasteiger partial charge on any atom is 0.224 e. The Bertz CT molecular complexity index is 650. The standard InChI is InChI=1S/C17H19BrN2O/c18-14-10-13-7-4-8-15(17(13)19-11-14)20-16(21)9-12-5-2-1-3-6-12/h4,7-8,10-12H,1-3,5-6,9H2,(H,20,21). The van der Waals surface area contributed by atoms with Crippen LogP contribution in [0.15, 0.2) is 34.9 Å². The number of nitrogens with one attached hydrogen (secondary N) is 1. The zero-order valence-corrected chi connectivity index (χ0v) is 13.5. The Labute approximate surface area is 133 Å². The second-order valence-electron chi connectivity index (χ2n) is 5.79. The Kier molecular flexibility index (Phi) is 4.54. The number of benzene rings is 1. The number of rotatable bonds is 3. The van der Waals surface area contributed by atoms with E-state index < -0.39 is 0 Å². The van der Waals surface area contributed by atoms with Crippen LogP contribution in [0, 0.1) is 5.92 Å². The van der Waals surface area contributed by atoms with E-state index in [2.05, 4.69) is 26.2 Å². The van der Waals surface area contributed by atoms with Crippen LogP contribution < -0.4 is 5.32 Å². The number of hydrogen-bond donors (Lipinski definition) is 1. The van der Waals surface area contributed by atoms with Crippen molar-refractivity contribution in [3.8, 4) is 0 Å². The quantitative estimate of drug-likeness (QED) is 0.857. The van der Waals surface area contributed by atoms with Crippen molar-refractivity contribution in [3.05, 3.63) is 34.9 Å². The molecule has 1 amide bonds. The molecule has 1 fully saturated rings. The van der Waals surface area contributed by atoms with Gasteiger partial charge in [-0.1, -0.05) is 31.4 Å². The Morgan fingerprint density at radius 3 is 2.90 bits per heavy atom. The van der Waals surface area contributed by atoms with Gasteiger partial charge in [-0.15, -0.1) is 0 Å². The van der Waals surface area contributed by atoms with E-state index >= 15 is 0 Å². The van der Waals surface area contributed by atoms with E-state index in [0.29, 0.717) is 12.3 Å². The molecule has 4 heteroatoms. The second kappa shape index (κ2) is 6.56. The summed E-state index contributed by atoms with van der Waals surface area (Å²) in [6.07, 6.45) is 8.62. The number of anilines is 1. The molecule has 1 N–H and O–H groups in total. The first-order valence-electron chi connectivity index (χ1n) is 7.56. The minimum absolute atomic E-state index is 0.110. The summed E-state index contributed by atoms with van der Waals surface area (Å²) in [7, 11) is 0. The van der Waals surface area contributed by atoms with Crippen molar-refractivity contribution in [1.29, 1.82) is 0 Å². The summed E-state index contributed by atoms with van der Waals surface area (Å²) in [5.41, 5.74) is 1.65. The summed E-state index contributed by atoms with van der Waals surface area (Å²) in [5, 5.41) is 4.06. The zero-order chi connectivity index (χ0) is 14.7. The van der Waals surface area contributed by atoms with E-state index in [9.17, 15) is 4.79 Å². The van der Waals surface area contributed by atoms with Gasteiger partial charge in [-0.05, 0) is 46.8 Å². The van der Waals surface area contributed by atoms with Gasteiger partial charge in [0.2, 0.25) is 5.91 Å². The molecule has 1 aliphatic carbocycles. The van der Waals surface area contributed by atoms with Crippen LogP contribution in [0.25, 0.3) is 10.9 Å². The zero-order valence-electron chi connectivity index (χ0n) is 11.9. The van der Waals surface area contributed by atoms with E-state index in [1.807, 2.05) is 24.3 Å². The Hall–Kier alpha value is -1.42. The van der Waals surface area contributed by atoms with E-state index in [1.165, 1.54) is 32.1 Å². The Balaban J connectivity index is 1.73. The van der Waals surface area contributed by atoms with Crippen molar-refractivity contribution in [3.63, 3.8) is 0 Å². The van der Waals surface area contributed by atoms with Crippen LogP contribution in [0.4, 0.5) is 5.69 Å². The number of carbonyl (C=O) groups excluding carboxylic acids is 1. The Morgan fingerprint density at radius 2 is 2.10 bits per heavy atom. The average Bonchev–Trinajstić information content (AvgIpc) is 2.48. The van der Waals surface area contributed by atoms with Gasteiger partial charge in [0.15, 0.2) is 0 Å². The van der Waals surface area contributed by atoms with Crippen LogP contribution in [-0.2, 0) is 4.79 Å². The first-order chi connectivity index (χ1) is 10.2. The number of fused-ring (bicyclic) bond motifs is 1. The summed E-state index contributed by atoms with van der Waals surface area (Å²) in [6, 6.07) is 7.89. The molecule has 1 aromatic heterocycles. The molecule has 0 aliphatic heterocycles. The fraction of sp³-hybridized carbons (Fsp3) is 0.412. The van der Waals surface area contributed by atoms with Gasteiger partial charge in [0.25, 0.3) is 0 Å². The monoisotopic (exact) mass is 346 g/mol. The van der Waals surface area contributed by atoms with Crippen LogP contribution in [0.5, 0.6) is 0 Å². The van der Waals surface area contributed by atoms with Gasteiger partial charge in [0.05, 0.1) is 11.2 Å². The number of pyridine rings is 1. The Morgan fingerprint density at radius 1 is 1.29 bits per heavy atom. The fourth-order valence-corrected chi connectivity index (χ4v) is 3.44. The summed E-state index contributed by atoms with van der Waals surface area (Å²) >= 11 is 3.42. The third-order valence-electron chi connectivity index (χ3n) is 4.15. The predicted molar refractivity (Wildman–Crippen MR) is 89.3 cm³/mol. The number of hydrogen-bond acceptors (Lipinski definition) is 2. The highest BCUT2D eigenvalue weighted by molar-refractivity contribution is 9.10. The predicted octanol–water partition coefficient (Wildman–Crippen LogP) is 4.91. The number of amides is 1. The molecule has 0 unspecified atom stereocenters. The van der Waals surface area contributed by atoms with Gasteiger partial charge in [-0.2, -0.15) is 0 Å². The molecule has 2 aromatic rings. The van der Waals surface area contributed by atoms with Crippen molar-refractivity contribution in [2.75, 3.05) is 5.32 Å². The lowest BCUT2D eigenvalue weighted by atomic mass is 9.87. The molecule has 21 heavy (non-hydrogen) atoms. The normalized spacial score (nSPS) is 16.0. The molecule has 3 nitrogen and oxygen atoms in total.